The van der Waals surface area contributed by atoms with E-state index < -0.39 is 18.1 Å². The van der Waals surface area contributed by atoms with Gasteiger partial charge in [-0.2, -0.15) is 0 Å². The summed E-state index contributed by atoms with van der Waals surface area (Å²) in [5.74, 6) is -1.37. The number of hydrogen-bond donors (Lipinski definition) is 4. The predicted octanol–water partition coefficient (Wildman–Crippen LogP) is -0.612. The Bertz CT molecular complexity index is 354. The number of nitrogens with zero attached hydrogens (tertiary/aromatic N) is 1. The molecule has 1 atom stereocenters. The lowest BCUT2D eigenvalue weighted by molar-refractivity contribution is -0.146. The Balaban J connectivity index is 2.19. The third kappa shape index (κ3) is 4.24. The summed E-state index contributed by atoms with van der Waals surface area (Å²) < 4.78 is 0. The van der Waals surface area contributed by atoms with E-state index >= 15 is 0 Å². The molecule has 0 saturated carbocycles. The van der Waals surface area contributed by atoms with E-state index in [0.717, 1.165) is 5.01 Å². The van der Waals surface area contributed by atoms with Gasteiger partial charge in [0.1, 0.15) is 5.01 Å². The summed E-state index contributed by atoms with van der Waals surface area (Å²) in [5, 5.41) is 24.4. The van der Waals surface area contributed by atoms with Crippen molar-refractivity contribution < 1.29 is 19.8 Å². The first-order valence-corrected chi connectivity index (χ1v) is 5.28. The molecule has 0 fully saturated rings. The number of carboxylic acid groups (broad SMARTS) is 1. The number of carbonyl (C=O) groups excluding carboxylic acids is 1. The molecule has 0 aliphatic rings. The van der Waals surface area contributed by atoms with Crippen molar-refractivity contribution in [3.05, 3.63) is 16.6 Å². The van der Waals surface area contributed by atoms with Crippen molar-refractivity contribution in [2.45, 2.75) is 12.6 Å². The number of nitrogens with one attached hydrogen (secondary N) is 2. The highest BCUT2D eigenvalue weighted by Crippen LogP contribution is 2.02. The predicted molar refractivity (Wildman–Crippen MR) is 56.0 cm³/mol. The molecule has 0 saturated heterocycles. The van der Waals surface area contributed by atoms with Gasteiger partial charge in [-0.1, -0.05) is 0 Å². The van der Waals surface area contributed by atoms with E-state index in [1.54, 1.807) is 11.6 Å². The summed E-state index contributed by atoms with van der Waals surface area (Å²) in [5.41, 5.74) is 0. The maximum absolute atomic E-state index is 11.1. The minimum atomic E-state index is -1.59. The molecule has 4 N–H and O–H groups in total. The Hall–Kier alpha value is -1.67. The summed E-state index contributed by atoms with van der Waals surface area (Å²) in [6.07, 6.45) is 0.0268. The summed E-state index contributed by atoms with van der Waals surface area (Å²) in [4.78, 5) is 25.3. The van der Waals surface area contributed by atoms with Crippen LogP contribution in [-0.2, 0) is 11.3 Å². The number of hydrogen-bond acceptors (Lipinski definition) is 5. The second kappa shape index (κ2) is 6.03. The molecule has 1 heterocycles. The third-order valence-corrected chi connectivity index (χ3v) is 2.40. The van der Waals surface area contributed by atoms with Crippen molar-refractivity contribution in [1.29, 1.82) is 0 Å². The largest absolute Gasteiger partial charge is 0.479 e. The van der Waals surface area contributed by atoms with E-state index in [9.17, 15) is 9.59 Å². The van der Waals surface area contributed by atoms with Crippen LogP contribution in [0.15, 0.2) is 11.6 Å². The number of thiazole rings is 1. The van der Waals surface area contributed by atoms with E-state index in [-0.39, 0.29) is 13.1 Å². The molecule has 0 aliphatic carbocycles. The number of aromatic nitrogens is 1. The SMILES string of the molecule is O=C(NCc1nccs1)NCC(O)C(=O)O. The molecule has 8 heteroatoms. The Morgan fingerprint density at radius 3 is 2.81 bits per heavy atom. The van der Waals surface area contributed by atoms with Gasteiger partial charge < -0.3 is 20.8 Å². The summed E-state index contributed by atoms with van der Waals surface area (Å²) >= 11 is 1.40. The summed E-state index contributed by atoms with van der Waals surface area (Å²) in [6.45, 7) is -0.0638. The van der Waals surface area contributed by atoms with Crippen molar-refractivity contribution in [1.82, 2.24) is 15.6 Å². The Morgan fingerprint density at radius 1 is 1.50 bits per heavy atom. The topological polar surface area (TPSA) is 112 Å². The molecular weight excluding hydrogens is 234 g/mol. The average Bonchev–Trinajstić information content (AvgIpc) is 2.75. The molecule has 0 spiro atoms. The van der Waals surface area contributed by atoms with Crippen molar-refractivity contribution in [3.63, 3.8) is 0 Å². The maximum Gasteiger partial charge on any atom is 0.334 e. The van der Waals surface area contributed by atoms with Crippen LogP contribution in [-0.4, -0.2) is 39.8 Å². The van der Waals surface area contributed by atoms with Gasteiger partial charge in [0.25, 0.3) is 0 Å². The fourth-order valence-electron chi connectivity index (χ4n) is 0.835. The van der Waals surface area contributed by atoms with Gasteiger partial charge in [-0.15, -0.1) is 11.3 Å². The van der Waals surface area contributed by atoms with Crippen LogP contribution in [0.5, 0.6) is 0 Å². The van der Waals surface area contributed by atoms with E-state index in [1.807, 2.05) is 0 Å². The highest BCUT2D eigenvalue weighted by Gasteiger charge is 2.13. The number of aliphatic hydroxyl groups excluding tert-OH is 1. The molecule has 0 aromatic carbocycles. The number of carboxylic acids is 1. The molecular formula is C8H11N3O4S. The zero-order valence-electron chi connectivity index (χ0n) is 8.21. The van der Waals surface area contributed by atoms with Crippen LogP contribution in [0.25, 0.3) is 0 Å². The Labute approximate surface area is 95.1 Å². The second-order valence-electron chi connectivity index (χ2n) is 2.84. The van der Waals surface area contributed by atoms with Gasteiger partial charge in [0, 0.05) is 11.6 Å². The van der Waals surface area contributed by atoms with Crippen LogP contribution >= 0.6 is 11.3 Å². The molecule has 0 bridgehead atoms. The van der Waals surface area contributed by atoms with Gasteiger partial charge in [0.05, 0.1) is 13.1 Å². The van der Waals surface area contributed by atoms with Gasteiger partial charge in [0.2, 0.25) is 0 Å². The van der Waals surface area contributed by atoms with Crippen molar-refractivity contribution in [2.24, 2.45) is 0 Å². The van der Waals surface area contributed by atoms with Gasteiger partial charge >= 0.3 is 12.0 Å². The Kier molecular flexibility index (Phi) is 4.67. The maximum atomic E-state index is 11.1. The molecule has 1 aromatic rings. The fraction of sp³-hybridized carbons (Fsp3) is 0.375. The van der Waals surface area contributed by atoms with E-state index in [0.29, 0.717) is 0 Å². The van der Waals surface area contributed by atoms with Crippen LogP contribution in [0, 0.1) is 0 Å². The lowest BCUT2D eigenvalue weighted by atomic mass is 10.4. The molecule has 1 rings (SSSR count). The second-order valence-corrected chi connectivity index (χ2v) is 3.82. The molecule has 1 aromatic heterocycles. The number of urea groups is 1. The lowest BCUT2D eigenvalue weighted by Crippen LogP contribution is -2.41. The molecule has 0 radical (unpaired) electrons. The zero-order chi connectivity index (χ0) is 12.0. The molecule has 0 aliphatic heterocycles. The van der Waals surface area contributed by atoms with Crippen LogP contribution in [0.4, 0.5) is 4.79 Å². The molecule has 88 valence electrons. The zero-order valence-corrected chi connectivity index (χ0v) is 9.03. The summed E-state index contributed by atoms with van der Waals surface area (Å²) in [7, 11) is 0. The van der Waals surface area contributed by atoms with E-state index in [1.165, 1.54) is 11.3 Å². The minimum Gasteiger partial charge on any atom is -0.479 e. The smallest absolute Gasteiger partial charge is 0.334 e. The number of aliphatic carboxylic acids is 1. The number of rotatable bonds is 5. The first-order chi connectivity index (χ1) is 7.59. The minimum absolute atomic E-state index is 0.271. The monoisotopic (exact) mass is 245 g/mol. The van der Waals surface area contributed by atoms with Crippen molar-refractivity contribution >= 4 is 23.3 Å². The number of aliphatic hydroxyl groups is 1. The van der Waals surface area contributed by atoms with Gasteiger partial charge in [-0.25, -0.2) is 14.6 Å². The van der Waals surface area contributed by atoms with Gasteiger partial charge in [-0.3, -0.25) is 0 Å². The first-order valence-electron chi connectivity index (χ1n) is 4.40. The van der Waals surface area contributed by atoms with Gasteiger partial charge in [0.15, 0.2) is 6.10 Å². The normalized spacial score (nSPS) is 11.8. The molecule has 7 nitrogen and oxygen atoms in total. The van der Waals surface area contributed by atoms with E-state index in [2.05, 4.69) is 15.6 Å². The van der Waals surface area contributed by atoms with Crippen LogP contribution in [0.3, 0.4) is 0 Å². The van der Waals surface area contributed by atoms with Crippen LogP contribution in [0.2, 0.25) is 0 Å². The molecule has 16 heavy (non-hydrogen) atoms. The third-order valence-electron chi connectivity index (χ3n) is 1.62. The van der Waals surface area contributed by atoms with Gasteiger partial charge in [-0.05, 0) is 0 Å². The summed E-state index contributed by atoms with van der Waals surface area (Å²) in [6, 6.07) is -0.546. The highest BCUT2D eigenvalue weighted by molar-refractivity contribution is 7.09. The lowest BCUT2D eigenvalue weighted by Gasteiger charge is -2.08. The molecule has 2 amide bonds. The first kappa shape index (κ1) is 12.4. The fourth-order valence-corrected chi connectivity index (χ4v) is 1.39. The van der Waals surface area contributed by atoms with Crippen LogP contribution in [0.1, 0.15) is 5.01 Å². The highest BCUT2D eigenvalue weighted by atomic mass is 32.1. The molecule has 1 unspecified atom stereocenters. The quantitative estimate of drug-likeness (QED) is 0.553. The Morgan fingerprint density at radius 2 is 2.25 bits per heavy atom. The van der Waals surface area contributed by atoms with Crippen LogP contribution < -0.4 is 10.6 Å². The number of amides is 2. The van der Waals surface area contributed by atoms with E-state index in [4.69, 9.17) is 10.2 Å². The number of carbonyl (C=O) groups is 2. The van der Waals surface area contributed by atoms with Crippen molar-refractivity contribution in [3.8, 4) is 0 Å². The average molecular weight is 245 g/mol. The van der Waals surface area contributed by atoms with Crippen molar-refractivity contribution in [2.75, 3.05) is 6.54 Å². The standard InChI is InChI=1S/C8H11N3O4S/c12-5(7(13)14)3-10-8(15)11-4-6-9-1-2-16-6/h1-2,5,12H,3-4H2,(H,13,14)(H2,10,11,15).